The molecule has 0 saturated carbocycles. The van der Waals surface area contributed by atoms with Crippen LogP contribution in [0.1, 0.15) is 0 Å². The molecule has 1 saturated heterocycles. The van der Waals surface area contributed by atoms with Crippen LogP contribution in [-0.2, 0) is 4.79 Å². The number of nitrogens with zero attached hydrogens (tertiary/aromatic N) is 2. The van der Waals surface area contributed by atoms with Gasteiger partial charge in [0.2, 0.25) is 6.08 Å². The van der Waals surface area contributed by atoms with Crippen LogP contribution in [0.25, 0.3) is 0 Å². The van der Waals surface area contributed by atoms with E-state index in [9.17, 15) is 4.79 Å². The van der Waals surface area contributed by atoms with Gasteiger partial charge in [-0.05, 0) is 19.2 Å². The summed E-state index contributed by atoms with van der Waals surface area (Å²) in [5.41, 5.74) is 0.509. The molecule has 0 radical (unpaired) electrons. The first-order valence-corrected chi connectivity index (χ1v) is 5.34. The summed E-state index contributed by atoms with van der Waals surface area (Å²) in [5.74, 6) is 1.26. The van der Waals surface area contributed by atoms with Crippen LogP contribution < -0.4 is 9.47 Å². The van der Waals surface area contributed by atoms with Gasteiger partial charge in [0, 0.05) is 19.2 Å². The van der Waals surface area contributed by atoms with Gasteiger partial charge in [0.15, 0.2) is 11.5 Å². The summed E-state index contributed by atoms with van der Waals surface area (Å²) in [4.78, 5) is 15.9. The maximum Gasteiger partial charge on any atom is 0.240 e. The number of likely N-dealkylation sites (tertiary alicyclic amines) is 1. The lowest BCUT2D eigenvalue weighted by molar-refractivity contribution is 0.0370. The molecule has 1 aromatic carbocycles. The highest BCUT2D eigenvalue weighted by molar-refractivity contribution is 5.56. The van der Waals surface area contributed by atoms with E-state index in [0.29, 0.717) is 17.2 Å². The van der Waals surface area contributed by atoms with E-state index in [2.05, 4.69) is 9.89 Å². The Morgan fingerprint density at radius 1 is 1.41 bits per heavy atom. The fraction of sp³-hybridized carbons (Fsp3) is 0.417. The first kappa shape index (κ1) is 11.6. The third-order valence-corrected chi connectivity index (χ3v) is 2.65. The van der Waals surface area contributed by atoms with Crippen LogP contribution >= 0.6 is 0 Å². The predicted molar refractivity (Wildman–Crippen MR) is 62.7 cm³/mol. The first-order chi connectivity index (χ1) is 8.22. The van der Waals surface area contributed by atoms with E-state index in [1.807, 2.05) is 7.05 Å². The number of methoxy groups -OCH3 is 1. The minimum absolute atomic E-state index is 0.203. The second-order valence-electron chi connectivity index (χ2n) is 4.00. The third kappa shape index (κ3) is 2.64. The van der Waals surface area contributed by atoms with Crippen LogP contribution in [-0.4, -0.2) is 44.3 Å². The zero-order valence-corrected chi connectivity index (χ0v) is 9.84. The fourth-order valence-corrected chi connectivity index (χ4v) is 1.77. The molecule has 1 fully saturated rings. The number of benzene rings is 1. The highest BCUT2D eigenvalue weighted by Crippen LogP contribution is 2.32. The van der Waals surface area contributed by atoms with Gasteiger partial charge in [-0.3, -0.25) is 4.90 Å². The zero-order valence-electron chi connectivity index (χ0n) is 9.84. The maximum absolute atomic E-state index is 10.2. The second kappa shape index (κ2) is 4.99. The highest BCUT2D eigenvalue weighted by Gasteiger charge is 2.25. The number of aliphatic imine (C=N–C) groups is 1. The van der Waals surface area contributed by atoms with E-state index in [1.165, 1.54) is 6.08 Å². The summed E-state index contributed by atoms with van der Waals surface area (Å²) in [6.07, 6.45) is 1.70. The Morgan fingerprint density at radius 2 is 2.18 bits per heavy atom. The van der Waals surface area contributed by atoms with Crippen molar-refractivity contribution < 1.29 is 14.3 Å². The molecule has 1 heterocycles. The lowest BCUT2D eigenvalue weighted by Crippen LogP contribution is -2.51. The third-order valence-electron chi connectivity index (χ3n) is 2.65. The second-order valence-corrected chi connectivity index (χ2v) is 4.00. The van der Waals surface area contributed by atoms with Crippen LogP contribution in [0, 0.1) is 0 Å². The molecule has 0 aromatic heterocycles. The largest absolute Gasteiger partial charge is 0.493 e. The van der Waals surface area contributed by atoms with Gasteiger partial charge < -0.3 is 9.47 Å². The van der Waals surface area contributed by atoms with Crippen molar-refractivity contribution in [1.82, 2.24) is 4.90 Å². The minimum Gasteiger partial charge on any atom is -0.493 e. The SMILES string of the molecule is COc1cc(N=C=O)ccc1OC1CN(C)C1. The molecule has 0 amide bonds. The Morgan fingerprint density at radius 3 is 2.76 bits per heavy atom. The van der Waals surface area contributed by atoms with Crippen LogP contribution in [0.15, 0.2) is 23.2 Å². The summed E-state index contributed by atoms with van der Waals surface area (Å²) >= 11 is 0. The molecule has 0 unspecified atom stereocenters. The molecule has 90 valence electrons. The molecule has 5 nitrogen and oxygen atoms in total. The van der Waals surface area contributed by atoms with Crippen LogP contribution in [0.5, 0.6) is 11.5 Å². The van der Waals surface area contributed by atoms with Crippen molar-refractivity contribution >= 4 is 11.8 Å². The summed E-state index contributed by atoms with van der Waals surface area (Å²) in [5, 5.41) is 0. The molecular formula is C12H14N2O3. The van der Waals surface area contributed by atoms with Gasteiger partial charge in [0.05, 0.1) is 12.8 Å². The first-order valence-electron chi connectivity index (χ1n) is 5.34. The maximum atomic E-state index is 10.2. The highest BCUT2D eigenvalue weighted by atomic mass is 16.5. The average molecular weight is 234 g/mol. The molecule has 17 heavy (non-hydrogen) atoms. The Labute approximate surface area is 99.7 Å². The number of rotatable bonds is 4. The van der Waals surface area contributed by atoms with Gasteiger partial charge >= 0.3 is 0 Å². The topological polar surface area (TPSA) is 51.1 Å². The molecule has 1 aliphatic heterocycles. The van der Waals surface area contributed by atoms with Gasteiger partial charge in [-0.25, -0.2) is 4.79 Å². The van der Waals surface area contributed by atoms with Crippen molar-refractivity contribution in [3.8, 4) is 11.5 Å². The minimum atomic E-state index is 0.203. The normalized spacial score (nSPS) is 15.9. The number of isocyanates is 1. The van der Waals surface area contributed by atoms with Crippen LogP contribution in [0.2, 0.25) is 0 Å². The van der Waals surface area contributed by atoms with Crippen LogP contribution in [0.3, 0.4) is 0 Å². The van der Waals surface area contributed by atoms with E-state index in [0.717, 1.165) is 13.1 Å². The summed E-state index contributed by atoms with van der Waals surface area (Å²) in [6, 6.07) is 5.11. The van der Waals surface area contributed by atoms with Gasteiger partial charge in [-0.15, -0.1) is 0 Å². The molecule has 0 N–H and O–H groups in total. The van der Waals surface area contributed by atoms with Crippen molar-refractivity contribution in [3.05, 3.63) is 18.2 Å². The summed E-state index contributed by atoms with van der Waals surface area (Å²) < 4.78 is 11.0. The van der Waals surface area contributed by atoms with Crippen molar-refractivity contribution in [2.45, 2.75) is 6.10 Å². The molecule has 0 aliphatic carbocycles. The molecule has 1 aliphatic rings. The van der Waals surface area contributed by atoms with Crippen molar-refractivity contribution in [3.63, 3.8) is 0 Å². The molecule has 0 spiro atoms. The van der Waals surface area contributed by atoms with Crippen molar-refractivity contribution in [2.24, 2.45) is 4.99 Å². The Hall–Kier alpha value is -1.84. The standard InChI is InChI=1S/C12H14N2O3/c1-14-6-10(7-14)17-11-4-3-9(13-8-15)5-12(11)16-2/h3-5,10H,6-7H2,1-2H3. The molecule has 0 atom stereocenters. The Bertz CT molecular complexity index is 449. The average Bonchev–Trinajstić information content (AvgIpc) is 2.29. The van der Waals surface area contributed by atoms with E-state index in [1.54, 1.807) is 25.3 Å². The van der Waals surface area contributed by atoms with Crippen LogP contribution in [0.4, 0.5) is 5.69 Å². The number of hydrogen-bond acceptors (Lipinski definition) is 5. The number of carbonyl (C=O) groups excluding carboxylic acids is 1. The molecule has 2 rings (SSSR count). The number of ether oxygens (including phenoxy) is 2. The van der Waals surface area contributed by atoms with E-state index < -0.39 is 0 Å². The lowest BCUT2D eigenvalue weighted by atomic mass is 10.2. The van der Waals surface area contributed by atoms with Gasteiger partial charge in [0.25, 0.3) is 0 Å². The molecule has 1 aromatic rings. The zero-order chi connectivity index (χ0) is 12.3. The summed E-state index contributed by atoms with van der Waals surface area (Å²) in [7, 11) is 3.60. The quantitative estimate of drug-likeness (QED) is 0.583. The van der Waals surface area contributed by atoms with Gasteiger partial charge in [-0.1, -0.05) is 0 Å². The number of hydrogen-bond donors (Lipinski definition) is 0. The van der Waals surface area contributed by atoms with Crippen molar-refractivity contribution in [1.29, 1.82) is 0 Å². The Kier molecular flexibility index (Phi) is 3.42. The fourth-order valence-electron chi connectivity index (χ4n) is 1.77. The smallest absolute Gasteiger partial charge is 0.240 e. The van der Waals surface area contributed by atoms with E-state index in [-0.39, 0.29) is 6.10 Å². The molecular weight excluding hydrogens is 220 g/mol. The lowest BCUT2D eigenvalue weighted by Gasteiger charge is -2.36. The summed E-state index contributed by atoms with van der Waals surface area (Å²) in [6.45, 7) is 1.83. The predicted octanol–water partition coefficient (Wildman–Crippen LogP) is 1.36. The molecule has 0 bridgehead atoms. The van der Waals surface area contributed by atoms with Gasteiger partial charge in [0.1, 0.15) is 6.10 Å². The molecule has 5 heteroatoms. The van der Waals surface area contributed by atoms with Gasteiger partial charge in [-0.2, -0.15) is 4.99 Å². The van der Waals surface area contributed by atoms with E-state index >= 15 is 0 Å². The van der Waals surface area contributed by atoms with E-state index in [4.69, 9.17) is 9.47 Å². The monoisotopic (exact) mass is 234 g/mol. The van der Waals surface area contributed by atoms with Crippen molar-refractivity contribution in [2.75, 3.05) is 27.2 Å². The Balaban J connectivity index is 2.13. The number of likely N-dealkylation sites (N-methyl/N-ethyl adjacent to an activating group) is 1.